The van der Waals surface area contributed by atoms with Gasteiger partial charge in [-0.05, 0) is 61.2 Å². The van der Waals surface area contributed by atoms with E-state index in [-0.39, 0.29) is 0 Å². The molecule has 1 fully saturated rings. The summed E-state index contributed by atoms with van der Waals surface area (Å²) in [5.74, 6) is 2.41. The van der Waals surface area contributed by atoms with E-state index in [9.17, 15) is 0 Å². The van der Waals surface area contributed by atoms with Crippen molar-refractivity contribution < 1.29 is 4.74 Å². The summed E-state index contributed by atoms with van der Waals surface area (Å²) >= 11 is 8.42. The molecular formula is C17H24ClNOS. The fourth-order valence-corrected chi connectivity index (χ4v) is 4.98. The van der Waals surface area contributed by atoms with Crippen LogP contribution in [0.2, 0.25) is 5.02 Å². The van der Waals surface area contributed by atoms with Crippen LogP contribution in [0.25, 0.3) is 0 Å². The zero-order valence-corrected chi connectivity index (χ0v) is 14.2. The Labute approximate surface area is 137 Å². The Morgan fingerprint density at radius 3 is 3.14 bits per heavy atom. The van der Waals surface area contributed by atoms with Crippen LogP contribution in [0.1, 0.15) is 37.3 Å². The second kappa shape index (κ2) is 7.26. The number of nitrogens with one attached hydrogen (secondary N) is 1. The molecule has 116 valence electrons. The predicted molar refractivity (Wildman–Crippen MR) is 91.9 cm³/mol. The van der Waals surface area contributed by atoms with E-state index in [1.54, 1.807) is 0 Å². The lowest BCUT2D eigenvalue weighted by molar-refractivity contribution is 0.351. The van der Waals surface area contributed by atoms with E-state index in [1.165, 1.54) is 36.1 Å². The number of hydrogen-bond acceptors (Lipinski definition) is 3. The van der Waals surface area contributed by atoms with Gasteiger partial charge in [-0.1, -0.05) is 18.5 Å². The van der Waals surface area contributed by atoms with E-state index in [1.807, 2.05) is 0 Å². The van der Waals surface area contributed by atoms with Gasteiger partial charge in [0.05, 0.1) is 6.61 Å². The zero-order chi connectivity index (χ0) is 14.7. The molecule has 2 unspecified atom stereocenters. The molecule has 2 aliphatic heterocycles. The van der Waals surface area contributed by atoms with E-state index in [0.29, 0.717) is 6.04 Å². The molecule has 21 heavy (non-hydrogen) atoms. The summed E-state index contributed by atoms with van der Waals surface area (Å²) in [5, 5.41) is 5.33. The Morgan fingerprint density at radius 2 is 2.38 bits per heavy atom. The van der Waals surface area contributed by atoms with Crippen molar-refractivity contribution >= 4 is 23.4 Å². The number of benzene rings is 1. The van der Waals surface area contributed by atoms with Crippen molar-refractivity contribution in [2.45, 2.75) is 50.3 Å². The fourth-order valence-electron chi connectivity index (χ4n) is 3.32. The highest BCUT2D eigenvalue weighted by atomic mass is 35.5. The summed E-state index contributed by atoms with van der Waals surface area (Å²) in [6.07, 6.45) is 5.88. The highest BCUT2D eigenvalue weighted by molar-refractivity contribution is 8.00. The van der Waals surface area contributed by atoms with Crippen molar-refractivity contribution in [1.82, 2.24) is 5.32 Å². The Bertz CT molecular complexity index is 488. The minimum absolute atomic E-state index is 0.532. The van der Waals surface area contributed by atoms with Crippen LogP contribution in [0.5, 0.6) is 5.75 Å². The number of fused-ring (bicyclic) bond motifs is 1. The van der Waals surface area contributed by atoms with E-state index in [0.717, 1.165) is 42.0 Å². The number of ether oxygens (including phenoxy) is 1. The molecule has 1 N–H and O–H groups in total. The first-order valence-electron chi connectivity index (χ1n) is 8.07. The topological polar surface area (TPSA) is 21.3 Å². The Balaban J connectivity index is 1.78. The van der Waals surface area contributed by atoms with Crippen molar-refractivity contribution in [3.8, 4) is 5.75 Å². The molecule has 1 aromatic rings. The van der Waals surface area contributed by atoms with Crippen LogP contribution < -0.4 is 10.1 Å². The molecule has 4 heteroatoms. The lowest BCUT2D eigenvalue weighted by Gasteiger charge is -2.25. The molecule has 0 amide bonds. The lowest BCUT2D eigenvalue weighted by Crippen LogP contribution is -2.39. The Hall–Kier alpha value is -0.380. The Kier molecular flexibility index (Phi) is 5.36. The summed E-state index contributed by atoms with van der Waals surface area (Å²) < 4.78 is 5.86. The van der Waals surface area contributed by atoms with Crippen molar-refractivity contribution in [3.05, 3.63) is 28.3 Å². The van der Waals surface area contributed by atoms with E-state index in [2.05, 4.69) is 36.1 Å². The van der Waals surface area contributed by atoms with Crippen LogP contribution in [0.4, 0.5) is 0 Å². The third-order valence-corrected chi connectivity index (χ3v) is 6.07. The molecule has 3 rings (SSSR count). The van der Waals surface area contributed by atoms with Crippen molar-refractivity contribution in [1.29, 1.82) is 0 Å². The Morgan fingerprint density at radius 1 is 1.48 bits per heavy atom. The lowest BCUT2D eigenvalue weighted by atomic mass is 9.98. The summed E-state index contributed by atoms with van der Waals surface area (Å²) in [5.41, 5.74) is 2.57. The maximum Gasteiger partial charge on any atom is 0.125 e. The van der Waals surface area contributed by atoms with Crippen LogP contribution in [0, 0.1) is 0 Å². The second-order valence-corrected chi connectivity index (χ2v) is 7.75. The van der Waals surface area contributed by atoms with Gasteiger partial charge >= 0.3 is 0 Å². The molecule has 1 aromatic carbocycles. The van der Waals surface area contributed by atoms with E-state index < -0.39 is 0 Å². The molecule has 0 spiro atoms. The van der Waals surface area contributed by atoms with Gasteiger partial charge in [0.25, 0.3) is 0 Å². The molecule has 0 radical (unpaired) electrons. The molecule has 2 nitrogen and oxygen atoms in total. The van der Waals surface area contributed by atoms with Crippen molar-refractivity contribution in [2.24, 2.45) is 0 Å². The van der Waals surface area contributed by atoms with Gasteiger partial charge in [-0.15, -0.1) is 0 Å². The quantitative estimate of drug-likeness (QED) is 0.851. The molecule has 0 aliphatic carbocycles. The van der Waals surface area contributed by atoms with Crippen LogP contribution in [-0.2, 0) is 12.8 Å². The monoisotopic (exact) mass is 325 g/mol. The molecule has 2 aliphatic rings. The highest BCUT2D eigenvalue weighted by Gasteiger charge is 2.27. The smallest absolute Gasteiger partial charge is 0.125 e. The number of rotatable bonds is 6. The summed E-state index contributed by atoms with van der Waals surface area (Å²) in [4.78, 5) is 0. The maximum absolute atomic E-state index is 6.29. The summed E-state index contributed by atoms with van der Waals surface area (Å²) in [6.45, 7) is 4.12. The normalized spacial score (nSPS) is 22.1. The first-order chi connectivity index (χ1) is 10.3. The number of thioether (sulfide) groups is 1. The van der Waals surface area contributed by atoms with Gasteiger partial charge in [0.2, 0.25) is 0 Å². The van der Waals surface area contributed by atoms with Gasteiger partial charge in [-0.2, -0.15) is 11.8 Å². The van der Waals surface area contributed by atoms with Crippen LogP contribution in [0.3, 0.4) is 0 Å². The minimum atomic E-state index is 0.532. The van der Waals surface area contributed by atoms with Gasteiger partial charge < -0.3 is 10.1 Å². The average molecular weight is 326 g/mol. The number of hydrogen-bond donors (Lipinski definition) is 1. The van der Waals surface area contributed by atoms with E-state index in [4.69, 9.17) is 16.3 Å². The molecule has 0 bridgehead atoms. The van der Waals surface area contributed by atoms with Crippen LogP contribution >= 0.6 is 23.4 Å². The second-order valence-electron chi connectivity index (χ2n) is 5.97. The zero-order valence-electron chi connectivity index (χ0n) is 12.7. The van der Waals surface area contributed by atoms with Crippen molar-refractivity contribution in [3.63, 3.8) is 0 Å². The average Bonchev–Trinajstić information content (AvgIpc) is 3.13. The summed E-state index contributed by atoms with van der Waals surface area (Å²) in [6, 6.07) is 4.70. The minimum Gasteiger partial charge on any atom is -0.493 e. The fraction of sp³-hybridized carbons (Fsp3) is 0.647. The molecule has 2 heterocycles. The van der Waals surface area contributed by atoms with E-state index >= 15 is 0 Å². The predicted octanol–water partition coefficient (Wildman–Crippen LogP) is 4.08. The van der Waals surface area contributed by atoms with Gasteiger partial charge in [-0.3, -0.25) is 0 Å². The third kappa shape index (κ3) is 3.69. The van der Waals surface area contributed by atoms with Crippen molar-refractivity contribution in [2.75, 3.05) is 18.9 Å². The van der Waals surface area contributed by atoms with Gasteiger partial charge in [0.15, 0.2) is 0 Å². The molecule has 2 atom stereocenters. The maximum atomic E-state index is 6.29. The molecule has 0 saturated carbocycles. The first kappa shape index (κ1) is 15.5. The molecule has 1 saturated heterocycles. The number of halogens is 1. The highest BCUT2D eigenvalue weighted by Crippen LogP contribution is 2.36. The van der Waals surface area contributed by atoms with Gasteiger partial charge in [0.1, 0.15) is 5.75 Å². The molecular weight excluding hydrogens is 302 g/mol. The van der Waals surface area contributed by atoms with Crippen LogP contribution in [-0.4, -0.2) is 30.2 Å². The van der Waals surface area contributed by atoms with Crippen LogP contribution in [0.15, 0.2) is 12.1 Å². The first-order valence-corrected chi connectivity index (χ1v) is 9.49. The molecule has 0 aromatic heterocycles. The standard InChI is InChI=1S/C17H24ClNOS/c1-2-6-19-15(16-4-3-8-21-16)11-13-10-14(18)9-12-5-7-20-17(12)13/h9-10,15-16,19H,2-8,11H2,1H3. The summed E-state index contributed by atoms with van der Waals surface area (Å²) in [7, 11) is 0. The van der Waals surface area contributed by atoms with Gasteiger partial charge in [0, 0.05) is 22.7 Å². The third-order valence-electron chi connectivity index (χ3n) is 4.34. The SMILES string of the molecule is CCCNC(Cc1cc(Cl)cc2c1OCC2)C1CCCS1. The van der Waals surface area contributed by atoms with Gasteiger partial charge in [-0.25, -0.2) is 0 Å². The largest absolute Gasteiger partial charge is 0.493 e.